The van der Waals surface area contributed by atoms with Gasteiger partial charge in [-0.1, -0.05) is 0 Å². The van der Waals surface area contributed by atoms with Crippen LogP contribution in [0, 0.1) is 42.8 Å². The van der Waals surface area contributed by atoms with E-state index in [0.29, 0.717) is 0 Å². The summed E-state index contributed by atoms with van der Waals surface area (Å²) in [5.41, 5.74) is 0. The van der Waals surface area contributed by atoms with Crippen molar-refractivity contribution >= 4 is 122 Å². The normalized spacial score (nSPS) is 11.0. The number of rotatable bonds is 18. The number of methoxy groups -OCH3 is 6. The fourth-order valence-corrected chi connectivity index (χ4v) is 24.5. The third-order valence-corrected chi connectivity index (χ3v) is 34.7. The fourth-order valence-electron chi connectivity index (χ4n) is 8.00. The summed E-state index contributed by atoms with van der Waals surface area (Å²) in [6.45, 7) is 0. The van der Waals surface area contributed by atoms with Gasteiger partial charge in [0.05, 0.1) is 0 Å². The monoisotopic (exact) mass is 1980 g/mol. The second-order valence-corrected chi connectivity index (χ2v) is 42.2. The van der Waals surface area contributed by atoms with E-state index in [4.69, 9.17) is 28.4 Å². The van der Waals surface area contributed by atoms with Crippen molar-refractivity contribution in [2.24, 2.45) is 0 Å². The standard InChI is InChI=1S/6C13H12FIO/c6*1-16-13-9-7-12(8-10-13)15(14)11-5-3-2-4-6-11/h6*2-10H,1H3. The zero-order valence-corrected chi connectivity index (χ0v) is 66.1. The van der Waals surface area contributed by atoms with Crippen molar-refractivity contribution < 1.29 is 45.6 Å². The van der Waals surface area contributed by atoms with Gasteiger partial charge in [-0.25, -0.2) is 0 Å². The van der Waals surface area contributed by atoms with E-state index in [2.05, 4.69) is 0 Å². The number of benzene rings is 12. The van der Waals surface area contributed by atoms with Crippen LogP contribution in [0.3, 0.4) is 0 Å². The molecule has 0 aromatic heterocycles. The van der Waals surface area contributed by atoms with E-state index in [0.717, 1.165) is 77.3 Å². The molecule has 0 spiro atoms. The third-order valence-electron chi connectivity index (χ3n) is 13.0. The Balaban J connectivity index is 0.000000163. The van der Waals surface area contributed by atoms with Crippen molar-refractivity contribution in [2.45, 2.75) is 0 Å². The van der Waals surface area contributed by atoms with E-state index in [1.807, 2.05) is 328 Å². The molecule has 6 nitrogen and oxygen atoms in total. The first kappa shape index (κ1) is 76.8. The van der Waals surface area contributed by atoms with Crippen LogP contribution in [-0.4, -0.2) is 42.7 Å². The maximum absolute atomic E-state index is 14.2. The van der Waals surface area contributed by atoms with Gasteiger partial charge in [0.25, 0.3) is 0 Å². The van der Waals surface area contributed by atoms with Crippen molar-refractivity contribution in [3.63, 3.8) is 0 Å². The van der Waals surface area contributed by atoms with Crippen LogP contribution in [0.4, 0.5) is 17.2 Å². The molecular weight excluding hydrogens is 1910 g/mol. The first-order valence-electron chi connectivity index (χ1n) is 29.2. The molecule has 0 aliphatic rings. The van der Waals surface area contributed by atoms with Gasteiger partial charge in [0.2, 0.25) is 0 Å². The Kier molecular flexibility index (Phi) is 34.3. The molecule has 0 bridgehead atoms. The zero-order chi connectivity index (χ0) is 68.3. The van der Waals surface area contributed by atoms with Crippen LogP contribution in [0.15, 0.2) is 328 Å². The SMILES string of the molecule is COc1ccc(I(F)c2ccccc2)cc1.COc1ccc(I(F)c2ccccc2)cc1.COc1ccc(I(F)c2ccccc2)cc1.COc1ccc(I(F)c2ccccc2)cc1.COc1ccc(I(F)c2ccccc2)cc1.COc1ccc(I(F)c2ccccc2)cc1. The summed E-state index contributed by atoms with van der Waals surface area (Å²) in [4.78, 5) is 0. The topological polar surface area (TPSA) is 55.4 Å². The molecule has 0 heterocycles. The molecule has 504 valence electrons. The molecule has 0 saturated heterocycles. The molecule has 0 fully saturated rings. The van der Waals surface area contributed by atoms with Crippen LogP contribution in [0.1, 0.15) is 0 Å². The van der Waals surface area contributed by atoms with Crippen molar-refractivity contribution in [3.8, 4) is 34.5 Å². The van der Waals surface area contributed by atoms with Gasteiger partial charge in [-0.05, 0) is 0 Å². The zero-order valence-electron chi connectivity index (χ0n) is 53.2. The van der Waals surface area contributed by atoms with Crippen LogP contribution >= 0.6 is 122 Å². The summed E-state index contributed by atoms with van der Waals surface area (Å²) in [5.74, 6) is 4.59. The molecule has 12 rings (SSSR count). The molecule has 0 aliphatic heterocycles. The molecule has 18 heteroatoms. The van der Waals surface area contributed by atoms with Gasteiger partial charge >= 0.3 is 616 Å². The van der Waals surface area contributed by atoms with Crippen molar-refractivity contribution in [1.29, 1.82) is 0 Å². The predicted molar refractivity (Wildman–Crippen MR) is 432 cm³/mol. The van der Waals surface area contributed by atoms with E-state index in [-0.39, 0.29) is 0 Å². The minimum atomic E-state index is -2.69. The van der Waals surface area contributed by atoms with Crippen molar-refractivity contribution in [1.82, 2.24) is 0 Å². The van der Waals surface area contributed by atoms with Gasteiger partial charge in [0, 0.05) is 0 Å². The molecule has 0 unspecified atom stereocenters. The van der Waals surface area contributed by atoms with E-state index < -0.39 is 122 Å². The van der Waals surface area contributed by atoms with E-state index >= 15 is 0 Å². The van der Waals surface area contributed by atoms with Gasteiger partial charge in [0.1, 0.15) is 0 Å². The van der Waals surface area contributed by atoms with Crippen LogP contribution in [0.2, 0.25) is 0 Å². The van der Waals surface area contributed by atoms with Crippen LogP contribution < -0.4 is 28.4 Å². The van der Waals surface area contributed by atoms with E-state index in [9.17, 15) is 17.2 Å². The third kappa shape index (κ3) is 25.0. The van der Waals surface area contributed by atoms with Gasteiger partial charge in [0.15, 0.2) is 0 Å². The average molecular weight is 1980 g/mol. The molecule has 0 radical (unpaired) electrons. The molecule has 0 N–H and O–H groups in total. The Bertz CT molecular complexity index is 3340. The van der Waals surface area contributed by atoms with Gasteiger partial charge in [-0.2, -0.15) is 0 Å². The number of ether oxygens (including phenoxy) is 6. The first-order valence-corrected chi connectivity index (χ1v) is 47.0. The number of halogens is 12. The summed E-state index contributed by atoms with van der Waals surface area (Å²) in [7, 11) is 9.65. The quantitative estimate of drug-likeness (QED) is 0.0630. The van der Waals surface area contributed by atoms with Gasteiger partial charge < -0.3 is 0 Å². The molecule has 12 aromatic carbocycles. The Morgan fingerprint density at radius 1 is 0.146 bits per heavy atom. The number of hydrogen-bond acceptors (Lipinski definition) is 6. The minimum absolute atomic E-state index is 0.765. The fraction of sp³-hybridized carbons (Fsp3) is 0.0769. The Labute approximate surface area is 608 Å². The molecule has 0 amide bonds. The summed E-state index contributed by atoms with van der Waals surface area (Å²) in [6.07, 6.45) is 0. The van der Waals surface area contributed by atoms with Crippen LogP contribution in [0.25, 0.3) is 0 Å². The molecular formula is C78H72F6I6O6. The summed E-state index contributed by atoms with van der Waals surface area (Å²) < 4.78 is 125. The Hall–Kier alpha value is -6.60. The summed E-state index contributed by atoms with van der Waals surface area (Å²) in [5, 5.41) is 0. The second kappa shape index (κ2) is 42.9. The second-order valence-electron chi connectivity index (χ2n) is 19.1. The maximum atomic E-state index is 14.2. The number of hydrogen-bond donors (Lipinski definition) is 0. The molecule has 12 aromatic rings. The van der Waals surface area contributed by atoms with Gasteiger partial charge in [-0.15, -0.1) is 0 Å². The van der Waals surface area contributed by atoms with Gasteiger partial charge in [-0.3, -0.25) is 0 Å². The first-order chi connectivity index (χ1) is 46.9. The Morgan fingerprint density at radius 3 is 0.333 bits per heavy atom. The summed E-state index contributed by atoms with van der Waals surface area (Å²) in [6, 6.07) is 99.7. The predicted octanol–water partition coefficient (Wildman–Crippen LogP) is 24.8. The molecule has 0 aliphatic carbocycles. The molecule has 0 saturated carbocycles. The van der Waals surface area contributed by atoms with E-state index in [1.165, 1.54) is 0 Å². The summed E-state index contributed by atoms with van der Waals surface area (Å²) >= 11 is -16.1. The van der Waals surface area contributed by atoms with Crippen molar-refractivity contribution in [2.75, 3.05) is 42.7 Å². The Morgan fingerprint density at radius 2 is 0.240 bits per heavy atom. The van der Waals surface area contributed by atoms with Crippen LogP contribution in [-0.2, 0) is 0 Å². The molecule has 0 atom stereocenters. The average Bonchev–Trinajstić information content (AvgIpc) is 3.35. The van der Waals surface area contributed by atoms with Crippen LogP contribution in [0.5, 0.6) is 34.5 Å². The molecule has 96 heavy (non-hydrogen) atoms. The van der Waals surface area contributed by atoms with E-state index in [1.54, 1.807) is 42.7 Å². The van der Waals surface area contributed by atoms with Crippen molar-refractivity contribution in [3.05, 3.63) is 370 Å².